The van der Waals surface area contributed by atoms with Crippen LogP contribution in [0.1, 0.15) is 42.0 Å². The third kappa shape index (κ3) is 4.27. The van der Waals surface area contributed by atoms with Crippen LogP contribution in [0.5, 0.6) is 5.75 Å². The maximum absolute atomic E-state index is 13.0. The van der Waals surface area contributed by atoms with E-state index in [2.05, 4.69) is 32.6 Å². The van der Waals surface area contributed by atoms with E-state index in [0.717, 1.165) is 51.5 Å². The molecule has 4 nitrogen and oxygen atoms in total. The lowest BCUT2D eigenvalue weighted by Gasteiger charge is -2.10. The molecule has 0 aliphatic rings. The summed E-state index contributed by atoms with van der Waals surface area (Å²) < 4.78 is 9.45. The Morgan fingerprint density at radius 2 is 1.55 bits per heavy atom. The average molecular weight is 413 g/mol. The minimum absolute atomic E-state index is 0.0256. The van der Waals surface area contributed by atoms with Gasteiger partial charge in [0.2, 0.25) is 0 Å². The second-order valence-corrected chi connectivity index (χ2v) is 8.23. The molecular formula is C24H29ClN2O2. The fourth-order valence-electron chi connectivity index (χ4n) is 3.64. The highest BCUT2D eigenvalue weighted by atomic mass is 35.5. The van der Waals surface area contributed by atoms with Crippen molar-refractivity contribution < 1.29 is 4.74 Å². The van der Waals surface area contributed by atoms with Crippen LogP contribution >= 0.6 is 11.6 Å². The second-order valence-electron chi connectivity index (χ2n) is 7.86. The van der Waals surface area contributed by atoms with Gasteiger partial charge in [-0.25, -0.2) is 4.79 Å². The Bertz CT molecular complexity index is 1110. The van der Waals surface area contributed by atoms with Gasteiger partial charge in [-0.1, -0.05) is 18.2 Å². The SMILES string of the molecule is C=C(C)n1c(=O)n(CCCCOc2cc(C)c(Cl)c(C)c2)c2cc(C)c(C)cc21. The van der Waals surface area contributed by atoms with Gasteiger partial charge in [-0.15, -0.1) is 0 Å². The number of fused-ring (bicyclic) bond motifs is 1. The molecule has 0 aliphatic carbocycles. The summed E-state index contributed by atoms with van der Waals surface area (Å²) in [6.07, 6.45) is 1.71. The first kappa shape index (κ1) is 21.3. The fraction of sp³-hybridized carbons (Fsp3) is 0.375. The minimum Gasteiger partial charge on any atom is -0.494 e. The molecule has 5 heteroatoms. The van der Waals surface area contributed by atoms with Crippen molar-refractivity contribution >= 4 is 28.3 Å². The van der Waals surface area contributed by atoms with Gasteiger partial charge >= 0.3 is 5.69 Å². The molecule has 2 aromatic carbocycles. The molecule has 1 heterocycles. The van der Waals surface area contributed by atoms with Gasteiger partial charge in [0, 0.05) is 17.3 Å². The van der Waals surface area contributed by atoms with Crippen LogP contribution in [-0.2, 0) is 6.54 Å². The number of hydrogen-bond donors (Lipinski definition) is 0. The number of hydrogen-bond acceptors (Lipinski definition) is 2. The zero-order chi connectivity index (χ0) is 21.3. The van der Waals surface area contributed by atoms with Crippen molar-refractivity contribution in [2.45, 2.75) is 54.0 Å². The van der Waals surface area contributed by atoms with Crippen molar-refractivity contribution in [2.75, 3.05) is 6.61 Å². The highest BCUT2D eigenvalue weighted by molar-refractivity contribution is 6.32. The van der Waals surface area contributed by atoms with Gasteiger partial charge in [0.15, 0.2) is 0 Å². The summed E-state index contributed by atoms with van der Waals surface area (Å²) in [4.78, 5) is 13.0. The van der Waals surface area contributed by atoms with E-state index in [9.17, 15) is 4.79 Å². The average Bonchev–Trinajstić information content (AvgIpc) is 2.91. The molecule has 3 aromatic rings. The third-order valence-corrected chi connectivity index (χ3v) is 5.98. The molecule has 0 bridgehead atoms. The van der Waals surface area contributed by atoms with Crippen LogP contribution in [0.3, 0.4) is 0 Å². The lowest BCUT2D eigenvalue weighted by molar-refractivity contribution is 0.303. The lowest BCUT2D eigenvalue weighted by Crippen LogP contribution is -2.23. The predicted molar refractivity (Wildman–Crippen MR) is 122 cm³/mol. The largest absolute Gasteiger partial charge is 0.494 e. The summed E-state index contributed by atoms with van der Waals surface area (Å²) in [5.41, 5.74) is 6.99. The van der Waals surface area contributed by atoms with E-state index in [0.29, 0.717) is 13.2 Å². The van der Waals surface area contributed by atoms with Crippen molar-refractivity contribution in [3.8, 4) is 5.75 Å². The number of nitrogens with zero attached hydrogens (tertiary/aromatic N) is 2. The third-order valence-electron chi connectivity index (χ3n) is 5.38. The van der Waals surface area contributed by atoms with Crippen LogP contribution < -0.4 is 10.4 Å². The molecule has 3 rings (SSSR count). The van der Waals surface area contributed by atoms with Crippen molar-refractivity contribution in [1.29, 1.82) is 0 Å². The van der Waals surface area contributed by atoms with Crippen LogP contribution in [0, 0.1) is 27.7 Å². The fourth-order valence-corrected chi connectivity index (χ4v) is 3.75. The van der Waals surface area contributed by atoms with Gasteiger partial charge in [0.1, 0.15) is 5.75 Å². The molecule has 0 saturated heterocycles. The molecule has 0 saturated carbocycles. The second kappa shape index (κ2) is 8.50. The van der Waals surface area contributed by atoms with E-state index < -0.39 is 0 Å². The number of imidazole rings is 1. The zero-order valence-electron chi connectivity index (χ0n) is 17.9. The normalized spacial score (nSPS) is 11.2. The molecule has 0 atom stereocenters. The molecule has 29 heavy (non-hydrogen) atoms. The molecule has 0 aliphatic heterocycles. The van der Waals surface area contributed by atoms with E-state index in [1.165, 1.54) is 11.1 Å². The summed E-state index contributed by atoms with van der Waals surface area (Å²) in [5.74, 6) is 0.839. The van der Waals surface area contributed by atoms with Crippen LogP contribution in [-0.4, -0.2) is 15.7 Å². The van der Waals surface area contributed by atoms with E-state index in [-0.39, 0.29) is 5.69 Å². The quantitative estimate of drug-likeness (QED) is 0.443. The number of aromatic nitrogens is 2. The number of halogens is 1. The van der Waals surface area contributed by atoms with Crippen molar-refractivity contribution in [3.05, 3.63) is 68.6 Å². The molecule has 1 aromatic heterocycles. The van der Waals surface area contributed by atoms with E-state index in [1.807, 2.05) is 37.5 Å². The molecule has 0 unspecified atom stereocenters. The van der Waals surface area contributed by atoms with Gasteiger partial charge in [0.25, 0.3) is 0 Å². The molecule has 0 N–H and O–H groups in total. The molecule has 0 fully saturated rings. The Hall–Kier alpha value is -2.46. The van der Waals surface area contributed by atoms with E-state index >= 15 is 0 Å². The first-order valence-electron chi connectivity index (χ1n) is 9.98. The van der Waals surface area contributed by atoms with Crippen LogP contribution in [0.4, 0.5) is 0 Å². The Kier molecular flexibility index (Phi) is 6.23. The smallest absolute Gasteiger partial charge is 0.333 e. The Morgan fingerprint density at radius 1 is 0.966 bits per heavy atom. The topological polar surface area (TPSA) is 36.2 Å². The van der Waals surface area contributed by atoms with Crippen LogP contribution in [0.2, 0.25) is 5.02 Å². The van der Waals surface area contributed by atoms with Crippen LogP contribution in [0.15, 0.2) is 35.6 Å². The number of rotatable bonds is 7. The van der Waals surface area contributed by atoms with Crippen molar-refractivity contribution in [2.24, 2.45) is 0 Å². The summed E-state index contributed by atoms with van der Waals surface area (Å²) in [5, 5.41) is 0.788. The lowest BCUT2D eigenvalue weighted by atomic mass is 10.1. The highest BCUT2D eigenvalue weighted by Crippen LogP contribution is 2.26. The predicted octanol–water partition coefficient (Wildman–Crippen LogP) is 6.04. The van der Waals surface area contributed by atoms with Crippen molar-refractivity contribution in [1.82, 2.24) is 9.13 Å². The monoisotopic (exact) mass is 412 g/mol. The first-order valence-corrected chi connectivity index (χ1v) is 10.4. The molecule has 0 spiro atoms. The maximum Gasteiger partial charge on any atom is 0.333 e. The zero-order valence-corrected chi connectivity index (χ0v) is 18.7. The van der Waals surface area contributed by atoms with Crippen molar-refractivity contribution in [3.63, 3.8) is 0 Å². The molecule has 0 radical (unpaired) electrons. The molecule has 154 valence electrons. The highest BCUT2D eigenvalue weighted by Gasteiger charge is 2.14. The standard InChI is InChI=1S/C24H29ClN2O2/c1-15(2)27-22-14-17(4)16(3)13-21(22)26(24(27)28)9-7-8-10-29-20-11-18(5)23(25)19(6)12-20/h11-14H,1,7-10H2,2-6H3. The number of ether oxygens (including phenoxy) is 1. The van der Waals surface area contributed by atoms with E-state index in [1.54, 1.807) is 4.57 Å². The maximum atomic E-state index is 13.0. The number of unbranched alkanes of at least 4 members (excludes halogenated alkanes) is 1. The van der Waals surface area contributed by atoms with Gasteiger partial charge in [-0.05, 0) is 94.0 Å². The Labute approximate surface area is 177 Å². The van der Waals surface area contributed by atoms with Crippen LogP contribution in [0.25, 0.3) is 16.7 Å². The summed E-state index contributed by atoms with van der Waals surface area (Å²) in [6, 6.07) is 8.10. The van der Waals surface area contributed by atoms with Gasteiger partial charge in [0.05, 0.1) is 17.6 Å². The summed E-state index contributed by atoms with van der Waals surface area (Å²) in [7, 11) is 0. The molecular weight excluding hydrogens is 384 g/mol. The Balaban J connectivity index is 1.71. The number of allylic oxidation sites excluding steroid dienone is 1. The molecule has 0 amide bonds. The number of benzene rings is 2. The van der Waals surface area contributed by atoms with Gasteiger partial charge in [-0.3, -0.25) is 9.13 Å². The van der Waals surface area contributed by atoms with E-state index in [4.69, 9.17) is 16.3 Å². The number of aryl methyl sites for hydroxylation is 5. The summed E-state index contributed by atoms with van der Waals surface area (Å²) in [6.45, 7) is 15.2. The first-order chi connectivity index (χ1) is 13.7. The van der Waals surface area contributed by atoms with Gasteiger partial charge in [-0.2, -0.15) is 0 Å². The minimum atomic E-state index is -0.0256. The summed E-state index contributed by atoms with van der Waals surface area (Å²) >= 11 is 6.21. The Morgan fingerprint density at radius 3 is 2.14 bits per heavy atom. The van der Waals surface area contributed by atoms with Gasteiger partial charge < -0.3 is 4.74 Å².